The molecule has 0 saturated carbocycles. The van der Waals surface area contributed by atoms with Crippen LogP contribution >= 0.6 is 11.6 Å². The summed E-state index contributed by atoms with van der Waals surface area (Å²) in [7, 11) is -2.10. The van der Waals surface area contributed by atoms with Crippen LogP contribution in [0.5, 0.6) is 0 Å². The Morgan fingerprint density at radius 1 is 1.43 bits per heavy atom. The lowest BCUT2D eigenvalue weighted by Crippen LogP contribution is -2.14. The van der Waals surface area contributed by atoms with Crippen molar-refractivity contribution in [2.45, 2.75) is 18.4 Å². The van der Waals surface area contributed by atoms with Gasteiger partial charge in [-0.2, -0.15) is 5.10 Å². The van der Waals surface area contributed by atoms with E-state index in [9.17, 15) is 8.42 Å². The molecular formula is C13H16ClN3O3S. The number of aryl methyl sites for hydroxylation is 1. The van der Waals surface area contributed by atoms with E-state index in [1.807, 2.05) is 0 Å². The number of ether oxygens (including phenoxy) is 1. The number of hydrogen-bond donors (Lipinski definition) is 1. The number of nitrogens with one attached hydrogen (secondary N) is 1. The molecule has 8 heteroatoms. The summed E-state index contributed by atoms with van der Waals surface area (Å²) in [5, 5.41) is 4.43. The van der Waals surface area contributed by atoms with Gasteiger partial charge in [0.2, 0.25) is 0 Å². The summed E-state index contributed by atoms with van der Waals surface area (Å²) >= 11 is 5.86. The minimum Gasteiger partial charge on any atom is -0.383 e. The molecule has 0 amide bonds. The number of hydrogen-bond acceptors (Lipinski definition) is 4. The lowest BCUT2D eigenvalue weighted by Gasteiger charge is -2.09. The Kier molecular flexibility index (Phi) is 4.87. The quantitative estimate of drug-likeness (QED) is 0.882. The van der Waals surface area contributed by atoms with Crippen LogP contribution in [0.2, 0.25) is 5.02 Å². The summed E-state index contributed by atoms with van der Waals surface area (Å²) in [6.07, 6.45) is 3.06. The van der Waals surface area contributed by atoms with Gasteiger partial charge in [0.05, 0.1) is 29.9 Å². The lowest BCUT2D eigenvalue weighted by atomic mass is 10.2. The first-order chi connectivity index (χ1) is 9.92. The highest BCUT2D eigenvalue weighted by Gasteiger charge is 2.18. The largest absolute Gasteiger partial charge is 0.383 e. The van der Waals surface area contributed by atoms with E-state index >= 15 is 0 Å². The highest BCUT2D eigenvalue weighted by atomic mass is 35.5. The zero-order valence-corrected chi connectivity index (χ0v) is 13.3. The van der Waals surface area contributed by atoms with Gasteiger partial charge in [0.1, 0.15) is 0 Å². The van der Waals surface area contributed by atoms with Crippen molar-refractivity contribution >= 4 is 27.3 Å². The van der Waals surface area contributed by atoms with E-state index < -0.39 is 10.0 Å². The Bertz CT molecular complexity index is 728. The predicted molar refractivity (Wildman–Crippen MR) is 81.1 cm³/mol. The van der Waals surface area contributed by atoms with Gasteiger partial charge >= 0.3 is 0 Å². The van der Waals surface area contributed by atoms with Crippen molar-refractivity contribution in [3.8, 4) is 0 Å². The molecule has 114 valence electrons. The third-order valence-electron chi connectivity index (χ3n) is 2.85. The average Bonchev–Trinajstić information content (AvgIpc) is 2.86. The Morgan fingerprint density at radius 2 is 2.19 bits per heavy atom. The number of halogens is 1. The summed E-state index contributed by atoms with van der Waals surface area (Å²) < 4.78 is 33.8. The van der Waals surface area contributed by atoms with E-state index in [1.54, 1.807) is 37.0 Å². The number of rotatable bonds is 6. The Balaban J connectivity index is 2.21. The number of anilines is 1. The monoisotopic (exact) mass is 329 g/mol. The Labute approximate surface area is 128 Å². The smallest absolute Gasteiger partial charge is 0.262 e. The topological polar surface area (TPSA) is 73.2 Å². The molecule has 0 aliphatic rings. The van der Waals surface area contributed by atoms with E-state index in [1.165, 1.54) is 12.3 Å². The van der Waals surface area contributed by atoms with Gasteiger partial charge in [-0.1, -0.05) is 17.7 Å². The fourth-order valence-corrected chi connectivity index (χ4v) is 3.33. The third-order valence-corrected chi connectivity index (χ3v) is 4.61. The van der Waals surface area contributed by atoms with Gasteiger partial charge in [0.25, 0.3) is 10.0 Å². The first-order valence-corrected chi connectivity index (χ1v) is 8.09. The molecular weight excluding hydrogens is 314 g/mol. The second-order valence-electron chi connectivity index (χ2n) is 4.50. The average molecular weight is 330 g/mol. The Morgan fingerprint density at radius 3 is 2.90 bits per heavy atom. The summed E-state index contributed by atoms with van der Waals surface area (Å²) in [6.45, 7) is 2.77. The minimum absolute atomic E-state index is 0.152. The maximum atomic E-state index is 12.4. The van der Waals surface area contributed by atoms with Crippen molar-refractivity contribution < 1.29 is 13.2 Å². The van der Waals surface area contributed by atoms with E-state index in [4.69, 9.17) is 16.3 Å². The van der Waals surface area contributed by atoms with Crippen molar-refractivity contribution in [3.05, 3.63) is 41.2 Å². The van der Waals surface area contributed by atoms with Crippen molar-refractivity contribution in [2.24, 2.45) is 0 Å². The molecule has 0 unspecified atom stereocenters. The molecule has 0 aliphatic heterocycles. The number of nitrogens with zero attached hydrogens (tertiary/aromatic N) is 2. The van der Waals surface area contributed by atoms with E-state index in [-0.39, 0.29) is 4.90 Å². The zero-order chi connectivity index (χ0) is 15.5. The molecule has 1 aromatic carbocycles. The van der Waals surface area contributed by atoms with Gasteiger partial charge in [-0.15, -0.1) is 0 Å². The fourth-order valence-electron chi connectivity index (χ4n) is 1.80. The highest BCUT2D eigenvalue weighted by molar-refractivity contribution is 7.92. The van der Waals surface area contributed by atoms with E-state index in [2.05, 4.69) is 9.82 Å². The van der Waals surface area contributed by atoms with Crippen LogP contribution in [-0.4, -0.2) is 31.9 Å². The van der Waals surface area contributed by atoms with Crippen molar-refractivity contribution in [2.75, 3.05) is 18.4 Å². The van der Waals surface area contributed by atoms with Gasteiger partial charge in [-0.25, -0.2) is 8.42 Å². The molecule has 0 bridgehead atoms. The molecule has 0 fully saturated rings. The first-order valence-electron chi connectivity index (χ1n) is 6.23. The van der Waals surface area contributed by atoms with Gasteiger partial charge in [-0.05, 0) is 24.6 Å². The number of sulfonamides is 1. The molecule has 1 N–H and O–H groups in total. The van der Waals surface area contributed by atoms with Gasteiger partial charge in [-0.3, -0.25) is 9.40 Å². The third kappa shape index (κ3) is 3.96. The van der Waals surface area contributed by atoms with Gasteiger partial charge < -0.3 is 4.74 Å². The zero-order valence-electron chi connectivity index (χ0n) is 11.7. The molecule has 2 aromatic rings. The van der Waals surface area contributed by atoms with E-state index in [0.717, 1.165) is 0 Å². The first kappa shape index (κ1) is 15.8. The minimum atomic E-state index is -3.69. The van der Waals surface area contributed by atoms with Gasteiger partial charge in [0.15, 0.2) is 0 Å². The maximum absolute atomic E-state index is 12.4. The molecule has 0 atom stereocenters. The van der Waals surface area contributed by atoms with E-state index in [0.29, 0.717) is 29.4 Å². The highest BCUT2D eigenvalue weighted by Crippen LogP contribution is 2.22. The molecule has 0 saturated heterocycles. The van der Waals surface area contributed by atoms with Crippen molar-refractivity contribution in [1.82, 2.24) is 9.78 Å². The SMILES string of the molecule is COCCn1cc(NS(=O)(=O)c2cc(Cl)ccc2C)cn1. The summed E-state index contributed by atoms with van der Waals surface area (Å²) in [5.74, 6) is 0. The molecule has 0 aliphatic carbocycles. The normalized spacial score (nSPS) is 11.6. The molecule has 0 spiro atoms. The molecule has 1 heterocycles. The van der Waals surface area contributed by atoms with Crippen LogP contribution in [0, 0.1) is 6.92 Å². The fraction of sp³-hybridized carbons (Fsp3) is 0.308. The van der Waals surface area contributed by atoms with Crippen molar-refractivity contribution in [1.29, 1.82) is 0 Å². The van der Waals surface area contributed by atoms with Crippen molar-refractivity contribution in [3.63, 3.8) is 0 Å². The molecule has 2 rings (SSSR count). The second kappa shape index (κ2) is 6.46. The maximum Gasteiger partial charge on any atom is 0.262 e. The molecule has 0 radical (unpaired) electrons. The van der Waals surface area contributed by atoms with Gasteiger partial charge in [0, 0.05) is 18.3 Å². The summed E-state index contributed by atoms with van der Waals surface area (Å²) in [6, 6.07) is 4.74. The van der Waals surface area contributed by atoms with Crippen LogP contribution in [0.15, 0.2) is 35.5 Å². The summed E-state index contributed by atoms with van der Waals surface area (Å²) in [4.78, 5) is 0.152. The van der Waals surface area contributed by atoms with Crippen LogP contribution in [0.3, 0.4) is 0 Å². The van der Waals surface area contributed by atoms with Crippen LogP contribution in [0.25, 0.3) is 0 Å². The molecule has 6 nitrogen and oxygen atoms in total. The second-order valence-corrected chi connectivity index (χ2v) is 6.59. The standard InChI is InChI=1S/C13H16ClN3O3S/c1-10-3-4-11(14)7-13(10)21(18,19)16-12-8-15-17(9-12)5-6-20-2/h3-4,7-9,16H,5-6H2,1-2H3. The summed E-state index contributed by atoms with van der Waals surface area (Å²) in [5.41, 5.74) is 1.02. The number of aromatic nitrogens is 2. The molecule has 21 heavy (non-hydrogen) atoms. The number of methoxy groups -OCH3 is 1. The van der Waals surface area contributed by atoms with Crippen LogP contribution in [0.1, 0.15) is 5.56 Å². The number of benzene rings is 1. The molecule has 1 aromatic heterocycles. The Hall–Kier alpha value is -1.57. The predicted octanol–water partition coefficient (Wildman–Crippen LogP) is 2.29. The lowest BCUT2D eigenvalue weighted by molar-refractivity contribution is 0.183. The van der Waals surface area contributed by atoms with Crippen LogP contribution in [0.4, 0.5) is 5.69 Å². The van der Waals surface area contributed by atoms with Crippen LogP contribution in [-0.2, 0) is 21.3 Å². The van der Waals surface area contributed by atoms with Crippen LogP contribution < -0.4 is 4.72 Å².